The smallest absolute Gasteiger partial charge is 0.153 e. The normalized spacial score (nSPS) is 19.2. The molecular formula is C11H18N4O2S. The van der Waals surface area contributed by atoms with Crippen LogP contribution in [0, 0.1) is 0 Å². The van der Waals surface area contributed by atoms with Crippen LogP contribution >= 0.6 is 0 Å². The fourth-order valence-corrected chi connectivity index (χ4v) is 3.33. The Bertz CT molecular complexity index is 528. The third kappa shape index (κ3) is 2.55. The highest BCUT2D eigenvalue weighted by Gasteiger charge is 2.25. The third-order valence-electron chi connectivity index (χ3n) is 3.11. The number of aromatic nitrogens is 2. The summed E-state index contributed by atoms with van der Waals surface area (Å²) in [7, 11) is -2.88. The Kier molecular flexibility index (Phi) is 3.43. The Morgan fingerprint density at radius 1 is 1.28 bits per heavy atom. The van der Waals surface area contributed by atoms with Crippen LogP contribution in [0.2, 0.25) is 0 Å². The molecule has 1 fully saturated rings. The van der Waals surface area contributed by atoms with Crippen molar-refractivity contribution in [1.82, 2.24) is 9.97 Å². The third-order valence-corrected chi connectivity index (χ3v) is 4.72. The van der Waals surface area contributed by atoms with Crippen LogP contribution in [0.15, 0.2) is 6.33 Å². The van der Waals surface area contributed by atoms with E-state index in [-0.39, 0.29) is 17.4 Å². The summed E-state index contributed by atoms with van der Waals surface area (Å²) in [5, 5.41) is 0. The summed E-state index contributed by atoms with van der Waals surface area (Å²) >= 11 is 0. The van der Waals surface area contributed by atoms with Crippen LogP contribution in [-0.2, 0) is 9.84 Å². The molecule has 1 aromatic heterocycles. The average molecular weight is 270 g/mol. The number of anilines is 2. The molecule has 0 amide bonds. The molecule has 0 unspecified atom stereocenters. The largest absolute Gasteiger partial charge is 0.383 e. The molecule has 1 aliphatic rings. The standard InChI is InChI=1S/C11H18N4O2S/c1-8(2)9-10(12)13-7-14-11(9)15-3-5-18(16,17)6-4-15/h7-8H,3-6H2,1-2H3,(H2,12,13,14). The molecule has 1 saturated heterocycles. The summed E-state index contributed by atoms with van der Waals surface area (Å²) in [6.07, 6.45) is 1.43. The van der Waals surface area contributed by atoms with Crippen molar-refractivity contribution < 1.29 is 8.42 Å². The maximum atomic E-state index is 11.4. The maximum absolute atomic E-state index is 11.4. The van der Waals surface area contributed by atoms with Gasteiger partial charge in [0.15, 0.2) is 9.84 Å². The Balaban J connectivity index is 2.32. The minimum Gasteiger partial charge on any atom is -0.383 e. The second-order valence-electron chi connectivity index (χ2n) is 4.79. The van der Waals surface area contributed by atoms with Crippen molar-refractivity contribution in [2.24, 2.45) is 0 Å². The highest BCUT2D eigenvalue weighted by Crippen LogP contribution is 2.29. The molecule has 2 rings (SSSR count). The molecule has 1 aromatic rings. The zero-order valence-electron chi connectivity index (χ0n) is 10.6. The minimum atomic E-state index is -2.88. The first-order chi connectivity index (χ1) is 8.41. The van der Waals surface area contributed by atoms with Crippen LogP contribution in [0.3, 0.4) is 0 Å². The first-order valence-electron chi connectivity index (χ1n) is 5.96. The Morgan fingerprint density at radius 2 is 1.89 bits per heavy atom. The molecule has 0 atom stereocenters. The molecule has 18 heavy (non-hydrogen) atoms. The fourth-order valence-electron chi connectivity index (χ4n) is 2.13. The van der Waals surface area contributed by atoms with E-state index in [1.54, 1.807) is 0 Å². The van der Waals surface area contributed by atoms with Gasteiger partial charge in [-0.05, 0) is 5.92 Å². The van der Waals surface area contributed by atoms with Crippen LogP contribution < -0.4 is 10.6 Å². The van der Waals surface area contributed by atoms with E-state index in [0.29, 0.717) is 18.9 Å². The van der Waals surface area contributed by atoms with Crippen molar-refractivity contribution in [2.75, 3.05) is 35.2 Å². The Hall–Kier alpha value is -1.37. The summed E-state index contributed by atoms with van der Waals surface area (Å²) in [5.74, 6) is 1.80. The second-order valence-corrected chi connectivity index (χ2v) is 7.09. The predicted octanol–water partition coefficient (Wildman–Crippen LogP) is 0.417. The van der Waals surface area contributed by atoms with Gasteiger partial charge in [-0.1, -0.05) is 13.8 Å². The molecule has 0 spiro atoms. The summed E-state index contributed by atoms with van der Waals surface area (Å²) in [6, 6.07) is 0. The molecule has 7 heteroatoms. The summed E-state index contributed by atoms with van der Waals surface area (Å²) in [5.41, 5.74) is 6.79. The molecule has 0 bridgehead atoms. The van der Waals surface area contributed by atoms with Gasteiger partial charge in [-0.25, -0.2) is 18.4 Å². The van der Waals surface area contributed by atoms with E-state index in [0.717, 1.165) is 11.4 Å². The lowest BCUT2D eigenvalue weighted by molar-refractivity contribution is 0.586. The van der Waals surface area contributed by atoms with E-state index in [1.807, 2.05) is 18.7 Å². The van der Waals surface area contributed by atoms with Gasteiger partial charge in [0, 0.05) is 18.7 Å². The van der Waals surface area contributed by atoms with Crippen molar-refractivity contribution in [3.63, 3.8) is 0 Å². The van der Waals surface area contributed by atoms with Gasteiger partial charge < -0.3 is 10.6 Å². The van der Waals surface area contributed by atoms with Crippen LogP contribution in [0.1, 0.15) is 25.3 Å². The van der Waals surface area contributed by atoms with Crippen molar-refractivity contribution in [2.45, 2.75) is 19.8 Å². The minimum absolute atomic E-state index is 0.175. The predicted molar refractivity (Wildman–Crippen MR) is 71.4 cm³/mol. The number of nitrogens with zero attached hydrogens (tertiary/aromatic N) is 3. The van der Waals surface area contributed by atoms with Gasteiger partial charge >= 0.3 is 0 Å². The van der Waals surface area contributed by atoms with E-state index in [9.17, 15) is 8.42 Å². The van der Waals surface area contributed by atoms with Gasteiger partial charge in [-0.2, -0.15) is 0 Å². The van der Waals surface area contributed by atoms with Crippen molar-refractivity contribution in [3.8, 4) is 0 Å². The van der Waals surface area contributed by atoms with Crippen molar-refractivity contribution in [3.05, 3.63) is 11.9 Å². The second kappa shape index (κ2) is 4.72. The number of nitrogens with two attached hydrogens (primary N) is 1. The average Bonchev–Trinajstić information content (AvgIpc) is 2.28. The van der Waals surface area contributed by atoms with Gasteiger partial charge in [0.2, 0.25) is 0 Å². The summed E-state index contributed by atoms with van der Waals surface area (Å²) < 4.78 is 22.9. The molecule has 0 saturated carbocycles. The van der Waals surface area contributed by atoms with Crippen LogP contribution in [0.5, 0.6) is 0 Å². The van der Waals surface area contributed by atoms with Gasteiger partial charge in [0.1, 0.15) is 18.0 Å². The molecule has 1 aliphatic heterocycles. The SMILES string of the molecule is CC(C)c1c(N)ncnc1N1CCS(=O)(=O)CC1. The van der Waals surface area contributed by atoms with E-state index < -0.39 is 9.84 Å². The fraction of sp³-hybridized carbons (Fsp3) is 0.636. The first-order valence-corrected chi connectivity index (χ1v) is 7.78. The van der Waals surface area contributed by atoms with Crippen molar-refractivity contribution >= 4 is 21.5 Å². The van der Waals surface area contributed by atoms with Gasteiger partial charge in [-0.15, -0.1) is 0 Å². The topological polar surface area (TPSA) is 89.2 Å². The Labute approximate surface area is 107 Å². The molecule has 0 radical (unpaired) electrons. The van der Waals surface area contributed by atoms with E-state index in [4.69, 9.17) is 5.73 Å². The molecule has 6 nitrogen and oxygen atoms in total. The lowest BCUT2D eigenvalue weighted by Gasteiger charge is -2.30. The summed E-state index contributed by atoms with van der Waals surface area (Å²) in [6.45, 7) is 5.00. The lowest BCUT2D eigenvalue weighted by atomic mass is 10.0. The molecule has 0 aromatic carbocycles. The van der Waals surface area contributed by atoms with Crippen LogP contribution in [0.4, 0.5) is 11.6 Å². The van der Waals surface area contributed by atoms with E-state index in [1.165, 1.54) is 6.33 Å². The monoisotopic (exact) mass is 270 g/mol. The number of sulfone groups is 1. The highest BCUT2D eigenvalue weighted by molar-refractivity contribution is 7.91. The highest BCUT2D eigenvalue weighted by atomic mass is 32.2. The van der Waals surface area contributed by atoms with Gasteiger partial charge in [0.05, 0.1) is 11.5 Å². The maximum Gasteiger partial charge on any atom is 0.153 e. The van der Waals surface area contributed by atoms with E-state index >= 15 is 0 Å². The molecule has 0 aliphatic carbocycles. The zero-order valence-corrected chi connectivity index (χ0v) is 11.4. The first kappa shape index (κ1) is 13.1. The number of rotatable bonds is 2. The molecule has 2 heterocycles. The van der Waals surface area contributed by atoms with Crippen molar-refractivity contribution in [1.29, 1.82) is 0 Å². The lowest BCUT2D eigenvalue weighted by Crippen LogP contribution is -2.41. The van der Waals surface area contributed by atoms with E-state index in [2.05, 4.69) is 9.97 Å². The van der Waals surface area contributed by atoms with Gasteiger partial charge in [-0.3, -0.25) is 0 Å². The quantitative estimate of drug-likeness (QED) is 0.837. The zero-order chi connectivity index (χ0) is 13.3. The summed E-state index contributed by atoms with van der Waals surface area (Å²) in [4.78, 5) is 10.3. The van der Waals surface area contributed by atoms with Gasteiger partial charge in [0.25, 0.3) is 0 Å². The number of nitrogen functional groups attached to an aromatic ring is 1. The number of hydrogen-bond acceptors (Lipinski definition) is 6. The number of hydrogen-bond donors (Lipinski definition) is 1. The molecular weight excluding hydrogens is 252 g/mol. The molecule has 100 valence electrons. The van der Waals surface area contributed by atoms with Crippen LogP contribution in [-0.4, -0.2) is 43.0 Å². The van der Waals surface area contributed by atoms with Crippen LogP contribution in [0.25, 0.3) is 0 Å². The molecule has 2 N–H and O–H groups in total. The Morgan fingerprint density at radius 3 is 2.44 bits per heavy atom.